The number of halogens is 2. The number of fused-ring (bicyclic) bond motifs is 1. The van der Waals surface area contributed by atoms with E-state index in [9.17, 15) is 14.7 Å². The predicted molar refractivity (Wildman–Crippen MR) is 134 cm³/mol. The van der Waals surface area contributed by atoms with Crippen molar-refractivity contribution in [2.24, 2.45) is 0 Å². The van der Waals surface area contributed by atoms with Gasteiger partial charge in [0.05, 0.1) is 28.9 Å². The van der Waals surface area contributed by atoms with Gasteiger partial charge in [-0.1, -0.05) is 46.7 Å². The average molecular weight is 511 g/mol. The molecular formula is C25H16Cl2N2O4S. The van der Waals surface area contributed by atoms with Gasteiger partial charge in [-0.15, -0.1) is 0 Å². The first kappa shape index (κ1) is 22.4. The maximum atomic E-state index is 13.3. The molecule has 1 aromatic heterocycles. The third-order valence-electron chi connectivity index (χ3n) is 5.52. The summed E-state index contributed by atoms with van der Waals surface area (Å²) in [5.41, 5.74) is 1.54. The molecule has 4 aromatic rings. The Kier molecular flexibility index (Phi) is 5.77. The number of aliphatic hydroxyl groups is 1. The molecule has 3 aromatic carbocycles. The zero-order valence-corrected chi connectivity index (χ0v) is 20.0. The number of ketones is 1. The Morgan fingerprint density at radius 1 is 1.03 bits per heavy atom. The van der Waals surface area contributed by atoms with Crippen LogP contribution in [0.25, 0.3) is 16.0 Å². The van der Waals surface area contributed by atoms with Crippen molar-refractivity contribution in [3.8, 4) is 5.75 Å². The number of nitrogens with zero attached hydrogens (tertiary/aromatic N) is 2. The molecule has 0 saturated carbocycles. The smallest absolute Gasteiger partial charge is 0.301 e. The lowest BCUT2D eigenvalue weighted by Gasteiger charge is -2.23. The summed E-state index contributed by atoms with van der Waals surface area (Å²) in [5, 5.41) is 12.4. The van der Waals surface area contributed by atoms with Crippen molar-refractivity contribution in [1.82, 2.24) is 4.98 Å². The number of anilines is 1. The van der Waals surface area contributed by atoms with E-state index in [-0.39, 0.29) is 11.3 Å². The lowest BCUT2D eigenvalue weighted by atomic mass is 9.95. The zero-order valence-electron chi connectivity index (χ0n) is 17.7. The van der Waals surface area contributed by atoms with E-state index in [2.05, 4.69) is 4.98 Å². The van der Waals surface area contributed by atoms with Crippen molar-refractivity contribution in [3.05, 3.63) is 93.5 Å². The van der Waals surface area contributed by atoms with Crippen molar-refractivity contribution in [1.29, 1.82) is 0 Å². The lowest BCUT2D eigenvalue weighted by Crippen LogP contribution is -2.29. The molecule has 1 saturated heterocycles. The minimum atomic E-state index is -0.920. The maximum absolute atomic E-state index is 13.3. The predicted octanol–water partition coefficient (Wildman–Crippen LogP) is 6.24. The van der Waals surface area contributed by atoms with Crippen LogP contribution in [0, 0.1) is 0 Å². The number of hydrogen-bond acceptors (Lipinski definition) is 6. The number of carbonyl (C=O) groups excluding carboxylic acids is 2. The first-order chi connectivity index (χ1) is 16.4. The van der Waals surface area contributed by atoms with Gasteiger partial charge in [-0.05, 0) is 60.2 Å². The number of ether oxygens (including phenoxy) is 1. The second kappa shape index (κ2) is 8.76. The molecule has 9 heteroatoms. The van der Waals surface area contributed by atoms with Crippen molar-refractivity contribution in [2.45, 2.75) is 6.04 Å². The molecule has 1 aliphatic rings. The summed E-state index contributed by atoms with van der Waals surface area (Å²) in [6.07, 6.45) is 0. The van der Waals surface area contributed by atoms with Gasteiger partial charge in [0, 0.05) is 15.6 Å². The summed E-state index contributed by atoms with van der Waals surface area (Å²) in [7, 11) is 1.57. The normalized spacial score (nSPS) is 17.5. The highest BCUT2D eigenvalue weighted by atomic mass is 35.5. The molecule has 2 heterocycles. The van der Waals surface area contributed by atoms with Crippen LogP contribution in [-0.2, 0) is 9.59 Å². The molecule has 5 rings (SSSR count). The van der Waals surface area contributed by atoms with Crippen LogP contribution in [0.1, 0.15) is 17.2 Å². The third-order valence-corrected chi connectivity index (χ3v) is 7.02. The van der Waals surface area contributed by atoms with Gasteiger partial charge in [-0.25, -0.2) is 4.98 Å². The topological polar surface area (TPSA) is 79.7 Å². The Hall–Kier alpha value is -3.39. The van der Waals surface area contributed by atoms with Crippen LogP contribution in [-0.4, -0.2) is 28.9 Å². The van der Waals surface area contributed by atoms with E-state index in [1.807, 2.05) is 6.07 Å². The summed E-state index contributed by atoms with van der Waals surface area (Å²) in [6, 6.07) is 17.7. The molecule has 1 amide bonds. The Bertz CT molecular complexity index is 1480. The highest BCUT2D eigenvalue weighted by Gasteiger charge is 2.48. The molecule has 6 nitrogen and oxygen atoms in total. The first-order valence-electron chi connectivity index (χ1n) is 10.1. The van der Waals surface area contributed by atoms with Gasteiger partial charge in [-0.2, -0.15) is 0 Å². The molecule has 1 atom stereocenters. The number of aliphatic hydroxyl groups excluding tert-OH is 1. The monoisotopic (exact) mass is 510 g/mol. The molecule has 0 spiro atoms. The number of aromatic nitrogens is 1. The largest absolute Gasteiger partial charge is 0.507 e. The average Bonchev–Trinajstić information content (AvgIpc) is 3.36. The number of carbonyl (C=O) groups is 2. The van der Waals surface area contributed by atoms with Gasteiger partial charge in [0.15, 0.2) is 5.13 Å². The molecular weight excluding hydrogens is 495 g/mol. The summed E-state index contributed by atoms with van der Waals surface area (Å²) in [4.78, 5) is 32.4. The first-order valence-corrected chi connectivity index (χ1v) is 11.7. The fourth-order valence-corrected chi connectivity index (χ4v) is 5.25. The number of thiazole rings is 1. The third kappa shape index (κ3) is 3.81. The van der Waals surface area contributed by atoms with Crippen molar-refractivity contribution in [2.75, 3.05) is 12.0 Å². The second-order valence-electron chi connectivity index (χ2n) is 7.56. The molecule has 0 bridgehead atoms. The SMILES string of the molecule is COc1ccc2nc(N3C(=O)C(=O)C(=C(O)c4ccc(Cl)cc4)C3c3cccc(Cl)c3)sc2c1. The number of rotatable bonds is 4. The number of Topliss-reactive ketones (excluding diaryl/α,β-unsaturated/α-hetero) is 1. The van der Waals surface area contributed by atoms with Crippen LogP contribution < -0.4 is 9.64 Å². The van der Waals surface area contributed by atoms with E-state index >= 15 is 0 Å². The number of amides is 1. The van der Waals surface area contributed by atoms with Gasteiger partial charge in [0.25, 0.3) is 5.78 Å². The Morgan fingerprint density at radius 3 is 2.50 bits per heavy atom. The van der Waals surface area contributed by atoms with Crippen molar-refractivity contribution >= 4 is 67.3 Å². The Morgan fingerprint density at radius 2 is 1.79 bits per heavy atom. The second-order valence-corrected chi connectivity index (χ2v) is 9.44. The van der Waals surface area contributed by atoms with E-state index in [4.69, 9.17) is 27.9 Å². The van der Waals surface area contributed by atoms with Gasteiger partial charge in [0.1, 0.15) is 11.5 Å². The molecule has 1 unspecified atom stereocenters. The number of hydrogen-bond donors (Lipinski definition) is 1. The van der Waals surface area contributed by atoms with Crippen LogP contribution in [0.3, 0.4) is 0 Å². The van der Waals surface area contributed by atoms with E-state index in [0.717, 1.165) is 4.70 Å². The summed E-state index contributed by atoms with van der Waals surface area (Å²) in [5.74, 6) is -1.25. The highest BCUT2D eigenvalue weighted by molar-refractivity contribution is 7.22. The van der Waals surface area contributed by atoms with Crippen LogP contribution in [0.15, 0.2) is 72.3 Å². The number of methoxy groups -OCH3 is 1. The van der Waals surface area contributed by atoms with Gasteiger partial charge in [-0.3, -0.25) is 14.5 Å². The Labute approximate surface area is 208 Å². The number of benzene rings is 3. The summed E-state index contributed by atoms with van der Waals surface area (Å²) >= 11 is 13.5. The molecule has 34 heavy (non-hydrogen) atoms. The minimum absolute atomic E-state index is 0.0496. The Balaban J connectivity index is 1.72. The molecule has 170 valence electrons. The molecule has 0 radical (unpaired) electrons. The summed E-state index contributed by atoms with van der Waals surface area (Å²) < 4.78 is 6.07. The van der Waals surface area contributed by atoms with Gasteiger partial charge >= 0.3 is 5.91 Å². The van der Waals surface area contributed by atoms with Crippen molar-refractivity contribution in [3.63, 3.8) is 0 Å². The van der Waals surface area contributed by atoms with E-state index in [1.54, 1.807) is 67.8 Å². The van der Waals surface area contributed by atoms with Crippen LogP contribution in [0.4, 0.5) is 5.13 Å². The zero-order chi connectivity index (χ0) is 24.0. The van der Waals surface area contributed by atoms with E-state index in [1.165, 1.54) is 16.2 Å². The van der Waals surface area contributed by atoms with Crippen LogP contribution >= 0.6 is 34.5 Å². The fourth-order valence-electron chi connectivity index (χ4n) is 3.91. The lowest BCUT2D eigenvalue weighted by molar-refractivity contribution is -0.132. The fraction of sp³-hybridized carbons (Fsp3) is 0.0800. The quantitative estimate of drug-likeness (QED) is 0.199. The molecule has 1 aliphatic heterocycles. The van der Waals surface area contributed by atoms with Gasteiger partial charge < -0.3 is 9.84 Å². The van der Waals surface area contributed by atoms with Crippen LogP contribution in [0.2, 0.25) is 10.0 Å². The molecule has 1 fully saturated rings. The molecule has 0 aliphatic carbocycles. The van der Waals surface area contributed by atoms with Crippen molar-refractivity contribution < 1.29 is 19.4 Å². The maximum Gasteiger partial charge on any atom is 0.301 e. The van der Waals surface area contributed by atoms with E-state index < -0.39 is 17.7 Å². The summed E-state index contributed by atoms with van der Waals surface area (Å²) in [6.45, 7) is 0. The van der Waals surface area contributed by atoms with Gasteiger partial charge in [0.2, 0.25) is 0 Å². The van der Waals surface area contributed by atoms with E-state index in [0.29, 0.717) is 37.6 Å². The minimum Gasteiger partial charge on any atom is -0.507 e. The molecule has 1 N–H and O–H groups in total. The highest BCUT2D eigenvalue weighted by Crippen LogP contribution is 2.45. The van der Waals surface area contributed by atoms with Crippen LogP contribution in [0.5, 0.6) is 5.75 Å². The standard InChI is InChI=1S/C25H16Cl2N2O4S/c1-33-17-9-10-18-19(12-17)34-25(28-18)29-21(14-3-2-4-16(27)11-14)20(23(31)24(29)32)22(30)13-5-7-15(26)8-6-13/h2-12,21,30H,1H3.